The molecule has 2 N–H and O–H groups in total. The van der Waals surface area contributed by atoms with Gasteiger partial charge in [-0.3, -0.25) is 14.6 Å². The molecule has 0 fully saturated rings. The zero-order valence-corrected chi connectivity index (χ0v) is 9.36. The van der Waals surface area contributed by atoms with Crippen molar-refractivity contribution in [1.82, 2.24) is 10.3 Å². The fourth-order valence-corrected chi connectivity index (χ4v) is 1.38. The molecule has 5 nitrogen and oxygen atoms in total. The minimum absolute atomic E-state index is 0.131. The Hall–Kier alpha value is -1.62. The van der Waals surface area contributed by atoms with Gasteiger partial charge in [0.2, 0.25) is 0 Å². The smallest absolute Gasteiger partial charge is 0.305 e. The Bertz CT molecular complexity index is 409. The van der Waals surface area contributed by atoms with Gasteiger partial charge in [0.25, 0.3) is 5.91 Å². The van der Waals surface area contributed by atoms with Crippen LogP contribution in [0.4, 0.5) is 0 Å². The van der Waals surface area contributed by atoms with Crippen molar-refractivity contribution in [2.24, 2.45) is 0 Å². The van der Waals surface area contributed by atoms with E-state index in [0.29, 0.717) is 0 Å². The number of carboxylic acid groups (broad SMARTS) is 1. The quantitative estimate of drug-likeness (QED) is 0.835. The summed E-state index contributed by atoms with van der Waals surface area (Å²) in [6.07, 6.45) is 2.68. The first kappa shape index (κ1) is 12.4. The number of nitrogens with one attached hydrogen (secondary N) is 1. The van der Waals surface area contributed by atoms with E-state index in [4.69, 9.17) is 16.7 Å². The Morgan fingerprint density at radius 2 is 2.31 bits per heavy atom. The van der Waals surface area contributed by atoms with Crippen LogP contribution in [-0.2, 0) is 4.79 Å². The Labute approximate surface area is 97.4 Å². The number of carbonyl (C=O) groups is 2. The molecule has 1 aromatic heterocycles. The topological polar surface area (TPSA) is 79.3 Å². The summed E-state index contributed by atoms with van der Waals surface area (Å²) in [6, 6.07) is 1.03. The van der Waals surface area contributed by atoms with Crippen LogP contribution in [0.15, 0.2) is 18.5 Å². The zero-order chi connectivity index (χ0) is 12.1. The highest BCUT2D eigenvalue weighted by atomic mass is 35.5. The Morgan fingerprint density at radius 3 is 2.88 bits per heavy atom. The van der Waals surface area contributed by atoms with Crippen LogP contribution < -0.4 is 5.32 Å². The molecule has 0 aliphatic rings. The van der Waals surface area contributed by atoms with E-state index < -0.39 is 17.9 Å². The summed E-state index contributed by atoms with van der Waals surface area (Å²) in [5, 5.41) is 11.3. The standard InChI is InChI=1S/C10H11ClN2O3/c1-6(4-9(14)15)13-10(16)7-2-3-12-5-8(7)11/h2-3,5-6H,4H2,1H3,(H,13,16)(H,14,15). The van der Waals surface area contributed by atoms with Gasteiger partial charge in [-0.25, -0.2) is 0 Å². The van der Waals surface area contributed by atoms with Crippen molar-refractivity contribution in [2.45, 2.75) is 19.4 Å². The van der Waals surface area contributed by atoms with E-state index in [1.807, 2.05) is 0 Å². The molecule has 0 spiro atoms. The highest BCUT2D eigenvalue weighted by molar-refractivity contribution is 6.33. The maximum atomic E-state index is 11.6. The lowest BCUT2D eigenvalue weighted by molar-refractivity contribution is -0.137. The minimum Gasteiger partial charge on any atom is -0.481 e. The van der Waals surface area contributed by atoms with Gasteiger partial charge in [-0.2, -0.15) is 0 Å². The summed E-state index contributed by atoms with van der Waals surface area (Å²) >= 11 is 5.77. The average molecular weight is 243 g/mol. The van der Waals surface area contributed by atoms with Crippen LogP contribution in [0.1, 0.15) is 23.7 Å². The molecule has 0 saturated carbocycles. The molecule has 0 bridgehead atoms. The van der Waals surface area contributed by atoms with Crippen molar-refractivity contribution in [1.29, 1.82) is 0 Å². The summed E-state index contributed by atoms with van der Waals surface area (Å²) in [7, 11) is 0. The van der Waals surface area contributed by atoms with Crippen molar-refractivity contribution >= 4 is 23.5 Å². The normalized spacial score (nSPS) is 11.9. The predicted molar refractivity (Wildman–Crippen MR) is 58.4 cm³/mol. The third-order valence-corrected chi connectivity index (χ3v) is 2.18. The van der Waals surface area contributed by atoms with Gasteiger partial charge in [0, 0.05) is 18.4 Å². The highest BCUT2D eigenvalue weighted by Gasteiger charge is 2.14. The predicted octanol–water partition coefficient (Wildman–Crippen LogP) is 1.33. The maximum absolute atomic E-state index is 11.6. The lowest BCUT2D eigenvalue weighted by atomic mass is 10.2. The molecular formula is C10H11ClN2O3. The minimum atomic E-state index is -0.964. The van der Waals surface area contributed by atoms with Crippen LogP contribution in [0.3, 0.4) is 0 Å². The third kappa shape index (κ3) is 3.51. The van der Waals surface area contributed by atoms with Crippen molar-refractivity contribution in [2.75, 3.05) is 0 Å². The van der Waals surface area contributed by atoms with Crippen LogP contribution in [0, 0.1) is 0 Å². The molecule has 1 aromatic rings. The fraction of sp³-hybridized carbons (Fsp3) is 0.300. The van der Waals surface area contributed by atoms with Crippen molar-refractivity contribution in [3.8, 4) is 0 Å². The lowest BCUT2D eigenvalue weighted by Crippen LogP contribution is -2.34. The molecule has 0 radical (unpaired) electrons. The van der Waals surface area contributed by atoms with Gasteiger partial charge in [0.15, 0.2) is 0 Å². The monoisotopic (exact) mass is 242 g/mol. The van der Waals surface area contributed by atoms with Crippen LogP contribution >= 0.6 is 11.6 Å². The lowest BCUT2D eigenvalue weighted by Gasteiger charge is -2.11. The first-order valence-corrected chi connectivity index (χ1v) is 5.00. The van der Waals surface area contributed by atoms with Crippen molar-refractivity contribution < 1.29 is 14.7 Å². The molecule has 0 aromatic carbocycles. The van der Waals surface area contributed by atoms with Crippen LogP contribution in [0.2, 0.25) is 5.02 Å². The van der Waals surface area contributed by atoms with Gasteiger partial charge in [0.05, 0.1) is 17.0 Å². The number of nitrogens with zero attached hydrogens (tertiary/aromatic N) is 1. The van der Waals surface area contributed by atoms with Gasteiger partial charge < -0.3 is 10.4 Å². The number of rotatable bonds is 4. The SMILES string of the molecule is CC(CC(=O)O)NC(=O)c1ccncc1Cl. The number of carboxylic acids is 1. The molecular weight excluding hydrogens is 232 g/mol. The second kappa shape index (κ2) is 5.46. The second-order valence-electron chi connectivity index (χ2n) is 3.33. The van der Waals surface area contributed by atoms with Crippen molar-refractivity contribution in [3.63, 3.8) is 0 Å². The molecule has 6 heteroatoms. The van der Waals surface area contributed by atoms with E-state index in [1.165, 1.54) is 18.5 Å². The number of aromatic nitrogens is 1. The Morgan fingerprint density at radius 1 is 1.62 bits per heavy atom. The van der Waals surface area contributed by atoms with Gasteiger partial charge in [-0.1, -0.05) is 11.6 Å². The van der Waals surface area contributed by atoms with E-state index >= 15 is 0 Å². The van der Waals surface area contributed by atoms with Crippen LogP contribution in [0.5, 0.6) is 0 Å². The molecule has 16 heavy (non-hydrogen) atoms. The summed E-state index contributed by atoms with van der Waals surface area (Å²) in [5.74, 6) is -1.37. The molecule has 1 heterocycles. The molecule has 1 atom stereocenters. The number of hydrogen-bond donors (Lipinski definition) is 2. The van der Waals surface area contributed by atoms with E-state index in [-0.39, 0.29) is 17.0 Å². The van der Waals surface area contributed by atoms with Gasteiger partial charge in [0.1, 0.15) is 0 Å². The molecule has 0 saturated heterocycles. The third-order valence-electron chi connectivity index (χ3n) is 1.88. The Kier molecular flexibility index (Phi) is 4.25. The van der Waals surface area contributed by atoms with E-state index in [0.717, 1.165) is 0 Å². The average Bonchev–Trinajstić information content (AvgIpc) is 2.16. The van der Waals surface area contributed by atoms with Gasteiger partial charge >= 0.3 is 5.97 Å². The number of aliphatic carboxylic acids is 1. The van der Waals surface area contributed by atoms with E-state index in [2.05, 4.69) is 10.3 Å². The molecule has 0 aliphatic heterocycles. The number of pyridine rings is 1. The highest BCUT2D eigenvalue weighted by Crippen LogP contribution is 2.13. The van der Waals surface area contributed by atoms with Gasteiger partial charge in [-0.05, 0) is 13.0 Å². The van der Waals surface area contributed by atoms with Gasteiger partial charge in [-0.15, -0.1) is 0 Å². The van der Waals surface area contributed by atoms with Crippen LogP contribution in [-0.4, -0.2) is 28.0 Å². The maximum Gasteiger partial charge on any atom is 0.305 e. The molecule has 1 rings (SSSR count). The largest absolute Gasteiger partial charge is 0.481 e. The molecule has 1 amide bonds. The van der Waals surface area contributed by atoms with Crippen LogP contribution in [0.25, 0.3) is 0 Å². The Balaban J connectivity index is 2.66. The summed E-state index contributed by atoms with van der Waals surface area (Å²) in [4.78, 5) is 25.8. The number of carbonyl (C=O) groups excluding carboxylic acids is 1. The summed E-state index contributed by atoms with van der Waals surface area (Å²) < 4.78 is 0. The first-order valence-electron chi connectivity index (χ1n) is 4.63. The number of amides is 1. The second-order valence-corrected chi connectivity index (χ2v) is 3.74. The molecule has 1 unspecified atom stereocenters. The molecule has 0 aliphatic carbocycles. The molecule has 86 valence electrons. The first-order chi connectivity index (χ1) is 7.50. The summed E-state index contributed by atoms with van der Waals surface area (Å²) in [6.45, 7) is 1.61. The van der Waals surface area contributed by atoms with Crippen molar-refractivity contribution in [3.05, 3.63) is 29.0 Å². The number of hydrogen-bond acceptors (Lipinski definition) is 3. The summed E-state index contributed by atoms with van der Waals surface area (Å²) in [5.41, 5.74) is 0.286. The number of halogens is 1. The van der Waals surface area contributed by atoms with E-state index in [9.17, 15) is 9.59 Å². The zero-order valence-electron chi connectivity index (χ0n) is 8.61. The fourth-order valence-electron chi connectivity index (χ4n) is 1.17. The van der Waals surface area contributed by atoms with E-state index in [1.54, 1.807) is 6.92 Å².